The fraction of sp³-hybridized carbons (Fsp3) is 0.318. The van der Waals surface area contributed by atoms with Gasteiger partial charge in [-0.2, -0.15) is 0 Å². The first kappa shape index (κ1) is 16.9. The van der Waals surface area contributed by atoms with Crippen molar-refractivity contribution in [3.05, 3.63) is 71.9 Å². The summed E-state index contributed by atoms with van der Waals surface area (Å²) in [5, 5.41) is 4.17. The van der Waals surface area contributed by atoms with E-state index < -0.39 is 0 Å². The molecule has 1 aliphatic rings. The quantitative estimate of drug-likeness (QED) is 0.733. The van der Waals surface area contributed by atoms with Crippen LogP contribution in [0.4, 0.5) is 0 Å². The van der Waals surface area contributed by atoms with Gasteiger partial charge < -0.3 is 10.3 Å². The molecular formula is C22H25N3O. The van der Waals surface area contributed by atoms with E-state index in [1.807, 2.05) is 30.3 Å². The maximum Gasteiger partial charge on any atom is 0.267 e. The number of H-pyrrole nitrogens is 1. The Hall–Kier alpha value is -2.59. The third kappa shape index (κ3) is 3.51. The van der Waals surface area contributed by atoms with Gasteiger partial charge in [-0.3, -0.25) is 9.69 Å². The molecule has 2 atom stereocenters. The van der Waals surface area contributed by atoms with Gasteiger partial charge in [0.1, 0.15) is 5.69 Å². The second kappa shape index (κ2) is 7.34. The summed E-state index contributed by atoms with van der Waals surface area (Å²) < 4.78 is 0. The molecular weight excluding hydrogens is 322 g/mol. The van der Waals surface area contributed by atoms with Crippen molar-refractivity contribution in [3.63, 3.8) is 0 Å². The second-order valence-corrected chi connectivity index (χ2v) is 7.22. The highest BCUT2D eigenvalue weighted by Gasteiger charge is 2.27. The Morgan fingerprint density at radius 2 is 1.96 bits per heavy atom. The van der Waals surface area contributed by atoms with Crippen LogP contribution in [0.5, 0.6) is 0 Å². The monoisotopic (exact) mass is 347 g/mol. The number of carbonyl (C=O) groups excluding carboxylic acids is 1. The summed E-state index contributed by atoms with van der Waals surface area (Å²) in [7, 11) is 0. The molecule has 1 aromatic heterocycles. The van der Waals surface area contributed by atoms with Gasteiger partial charge >= 0.3 is 0 Å². The second-order valence-electron chi connectivity index (χ2n) is 7.22. The van der Waals surface area contributed by atoms with Crippen LogP contribution in [0.3, 0.4) is 0 Å². The minimum atomic E-state index is -0.0178. The topological polar surface area (TPSA) is 48.1 Å². The minimum absolute atomic E-state index is 0.0178. The van der Waals surface area contributed by atoms with Crippen molar-refractivity contribution < 1.29 is 4.79 Å². The number of rotatable bonds is 5. The summed E-state index contributed by atoms with van der Waals surface area (Å²) in [5.74, 6) is 0.491. The van der Waals surface area contributed by atoms with Crippen molar-refractivity contribution in [1.29, 1.82) is 0 Å². The molecule has 2 unspecified atom stereocenters. The largest absolute Gasteiger partial charge is 0.351 e. The van der Waals surface area contributed by atoms with Crippen LogP contribution in [-0.4, -0.2) is 35.4 Å². The molecule has 0 saturated carbocycles. The van der Waals surface area contributed by atoms with E-state index in [0.717, 1.165) is 37.0 Å². The highest BCUT2D eigenvalue weighted by molar-refractivity contribution is 5.97. The molecule has 1 aliphatic heterocycles. The Balaban J connectivity index is 1.32. The zero-order chi connectivity index (χ0) is 17.9. The summed E-state index contributed by atoms with van der Waals surface area (Å²) in [5.41, 5.74) is 3.00. The van der Waals surface area contributed by atoms with Crippen LogP contribution in [0.15, 0.2) is 60.7 Å². The number of carbonyl (C=O) groups is 1. The van der Waals surface area contributed by atoms with Crippen LogP contribution in [-0.2, 0) is 0 Å². The van der Waals surface area contributed by atoms with E-state index in [-0.39, 0.29) is 5.91 Å². The van der Waals surface area contributed by atoms with Crippen LogP contribution in [0.25, 0.3) is 10.9 Å². The fourth-order valence-electron chi connectivity index (χ4n) is 3.85. The normalized spacial score (nSPS) is 18.9. The molecule has 0 aliphatic carbocycles. The molecule has 4 heteroatoms. The van der Waals surface area contributed by atoms with Gasteiger partial charge in [-0.25, -0.2) is 0 Å². The van der Waals surface area contributed by atoms with Crippen LogP contribution in [0, 0.1) is 5.92 Å². The highest BCUT2D eigenvalue weighted by Crippen LogP contribution is 2.27. The fourth-order valence-corrected chi connectivity index (χ4v) is 3.85. The molecule has 0 radical (unpaired) electrons. The predicted octanol–water partition coefficient (Wildman–Crippen LogP) is 3.98. The van der Waals surface area contributed by atoms with Gasteiger partial charge in [0.15, 0.2) is 0 Å². The van der Waals surface area contributed by atoms with Gasteiger partial charge in [-0.1, -0.05) is 48.5 Å². The molecule has 2 heterocycles. The van der Waals surface area contributed by atoms with Gasteiger partial charge in [0, 0.05) is 30.0 Å². The number of aromatic amines is 1. The number of hydrogen-bond acceptors (Lipinski definition) is 2. The van der Waals surface area contributed by atoms with Crippen molar-refractivity contribution in [3.8, 4) is 0 Å². The average molecular weight is 347 g/mol. The lowest BCUT2D eigenvalue weighted by molar-refractivity contribution is 0.0943. The van der Waals surface area contributed by atoms with E-state index in [2.05, 4.69) is 52.5 Å². The number of hydrogen-bond donors (Lipinski definition) is 2. The van der Waals surface area contributed by atoms with E-state index in [9.17, 15) is 4.79 Å². The smallest absolute Gasteiger partial charge is 0.267 e. The summed E-state index contributed by atoms with van der Waals surface area (Å²) in [4.78, 5) is 18.2. The van der Waals surface area contributed by atoms with Crippen molar-refractivity contribution >= 4 is 16.8 Å². The predicted molar refractivity (Wildman–Crippen MR) is 105 cm³/mol. The molecule has 3 aromatic rings. The van der Waals surface area contributed by atoms with Gasteiger partial charge in [0.25, 0.3) is 5.91 Å². The zero-order valence-electron chi connectivity index (χ0n) is 15.1. The van der Waals surface area contributed by atoms with Crippen LogP contribution in [0.1, 0.15) is 35.4 Å². The molecule has 0 bridgehead atoms. The van der Waals surface area contributed by atoms with Gasteiger partial charge in [0.2, 0.25) is 0 Å². The first-order valence-corrected chi connectivity index (χ1v) is 9.35. The molecule has 0 spiro atoms. The van der Waals surface area contributed by atoms with Crippen molar-refractivity contribution in [2.75, 3.05) is 19.6 Å². The Morgan fingerprint density at radius 1 is 1.19 bits per heavy atom. The summed E-state index contributed by atoms with van der Waals surface area (Å²) in [6, 6.07) is 20.9. The lowest BCUT2D eigenvalue weighted by atomic mass is 10.1. The number of likely N-dealkylation sites (tertiary alicyclic amines) is 1. The standard InChI is InChI=1S/C22H25N3O/c1-16(18-7-3-2-4-8-18)25-12-11-17(15-25)14-23-22(26)21-13-19-9-5-6-10-20(19)24-21/h2-10,13,16-17,24H,11-12,14-15H2,1H3,(H,23,26). The molecule has 26 heavy (non-hydrogen) atoms. The first-order chi connectivity index (χ1) is 12.7. The van der Waals surface area contributed by atoms with E-state index in [4.69, 9.17) is 0 Å². The van der Waals surface area contributed by atoms with Crippen molar-refractivity contribution in [2.45, 2.75) is 19.4 Å². The Bertz CT molecular complexity index is 854. The molecule has 4 nitrogen and oxygen atoms in total. The van der Waals surface area contributed by atoms with Crippen molar-refractivity contribution in [1.82, 2.24) is 15.2 Å². The number of nitrogens with zero attached hydrogens (tertiary/aromatic N) is 1. The number of amides is 1. The number of benzene rings is 2. The molecule has 134 valence electrons. The number of aromatic nitrogens is 1. The van der Waals surface area contributed by atoms with Crippen molar-refractivity contribution in [2.24, 2.45) is 5.92 Å². The molecule has 1 saturated heterocycles. The first-order valence-electron chi connectivity index (χ1n) is 9.35. The molecule has 2 N–H and O–H groups in total. The maximum atomic E-state index is 12.5. The van der Waals surface area contributed by atoms with E-state index in [1.165, 1.54) is 5.56 Å². The molecule has 2 aromatic carbocycles. The Kier molecular flexibility index (Phi) is 4.76. The summed E-state index contributed by atoms with van der Waals surface area (Å²) in [6.07, 6.45) is 1.13. The van der Waals surface area contributed by atoms with E-state index in [1.54, 1.807) is 0 Å². The highest BCUT2D eigenvalue weighted by atomic mass is 16.1. The van der Waals surface area contributed by atoms with E-state index in [0.29, 0.717) is 17.7 Å². The average Bonchev–Trinajstić information content (AvgIpc) is 3.33. The Morgan fingerprint density at radius 3 is 2.77 bits per heavy atom. The number of fused-ring (bicyclic) bond motifs is 1. The van der Waals surface area contributed by atoms with Crippen LogP contribution in [0.2, 0.25) is 0 Å². The SMILES string of the molecule is CC(c1ccccc1)N1CCC(CNC(=O)c2cc3ccccc3[nH]2)C1. The molecule has 4 rings (SSSR count). The van der Waals surface area contributed by atoms with Gasteiger partial charge in [-0.05, 0) is 43.5 Å². The molecule has 1 fully saturated rings. The third-order valence-corrected chi connectivity index (χ3v) is 5.47. The summed E-state index contributed by atoms with van der Waals surface area (Å²) in [6.45, 7) is 5.11. The minimum Gasteiger partial charge on any atom is -0.351 e. The van der Waals surface area contributed by atoms with Crippen LogP contribution < -0.4 is 5.32 Å². The lowest BCUT2D eigenvalue weighted by Crippen LogP contribution is -2.31. The zero-order valence-corrected chi connectivity index (χ0v) is 15.1. The number of nitrogens with one attached hydrogen (secondary N) is 2. The van der Waals surface area contributed by atoms with E-state index >= 15 is 0 Å². The lowest BCUT2D eigenvalue weighted by Gasteiger charge is -2.24. The maximum absolute atomic E-state index is 12.5. The van der Waals surface area contributed by atoms with Gasteiger partial charge in [0.05, 0.1) is 0 Å². The third-order valence-electron chi connectivity index (χ3n) is 5.47. The Labute approximate surface area is 154 Å². The number of para-hydroxylation sites is 1. The van der Waals surface area contributed by atoms with Gasteiger partial charge in [-0.15, -0.1) is 0 Å². The summed E-state index contributed by atoms with van der Waals surface area (Å²) >= 11 is 0. The van der Waals surface area contributed by atoms with Crippen LogP contribution >= 0.6 is 0 Å². The molecule has 1 amide bonds.